The molecule has 0 saturated heterocycles. The minimum atomic E-state index is -0.254. The van der Waals surface area contributed by atoms with E-state index in [2.05, 4.69) is 44.4 Å². The van der Waals surface area contributed by atoms with E-state index in [-0.39, 0.29) is 11.5 Å². The number of esters is 1. The zero-order valence-corrected chi connectivity index (χ0v) is 18.9. The fraction of sp³-hybridized carbons (Fsp3) is 0.360. The Hall–Kier alpha value is -3.28. The average Bonchev–Trinajstić information content (AvgIpc) is 3.17. The monoisotopic (exact) mass is 421 g/mol. The van der Waals surface area contributed by atoms with E-state index in [9.17, 15) is 4.79 Å². The van der Waals surface area contributed by atoms with Crippen LogP contribution >= 0.6 is 0 Å². The molecule has 0 aliphatic carbocycles. The first kappa shape index (κ1) is 22.4. The van der Waals surface area contributed by atoms with E-state index in [1.165, 1.54) is 6.92 Å². The predicted molar refractivity (Wildman–Crippen MR) is 123 cm³/mol. The first-order valence-electron chi connectivity index (χ1n) is 10.5. The fourth-order valence-electron chi connectivity index (χ4n) is 3.24. The molecule has 164 valence electrons. The summed E-state index contributed by atoms with van der Waals surface area (Å²) in [6.45, 7) is 8.86. The molecule has 0 amide bonds. The normalized spacial score (nSPS) is 11.3. The van der Waals surface area contributed by atoms with Crippen LogP contribution in [0, 0.1) is 0 Å². The van der Waals surface area contributed by atoms with Crippen LogP contribution in [0.25, 0.3) is 11.3 Å². The lowest BCUT2D eigenvalue weighted by Crippen LogP contribution is -2.22. The largest absolute Gasteiger partial charge is 0.497 e. The Bertz CT molecular complexity index is 1030. The van der Waals surface area contributed by atoms with Crippen LogP contribution in [-0.2, 0) is 28.0 Å². The van der Waals surface area contributed by atoms with Crippen molar-refractivity contribution in [3.8, 4) is 17.0 Å². The highest BCUT2D eigenvalue weighted by molar-refractivity contribution is 5.66. The fourth-order valence-corrected chi connectivity index (χ4v) is 3.24. The molecule has 0 bridgehead atoms. The molecule has 0 atom stereocenters. The van der Waals surface area contributed by atoms with Gasteiger partial charge in [0.1, 0.15) is 5.75 Å². The van der Waals surface area contributed by atoms with E-state index >= 15 is 0 Å². The summed E-state index contributed by atoms with van der Waals surface area (Å²) in [5, 5.41) is 8.40. The first-order chi connectivity index (χ1) is 14.8. The average molecular weight is 422 g/mol. The van der Waals surface area contributed by atoms with Crippen LogP contribution in [0.4, 0.5) is 5.69 Å². The van der Waals surface area contributed by atoms with Crippen molar-refractivity contribution in [2.45, 2.75) is 46.2 Å². The minimum Gasteiger partial charge on any atom is -0.497 e. The maximum atomic E-state index is 11.0. The third-order valence-electron chi connectivity index (χ3n) is 4.93. The van der Waals surface area contributed by atoms with Gasteiger partial charge in [-0.2, -0.15) is 5.10 Å². The molecule has 2 aromatic carbocycles. The number of anilines is 1. The summed E-state index contributed by atoms with van der Waals surface area (Å²) >= 11 is 0. The summed E-state index contributed by atoms with van der Waals surface area (Å²) in [5.41, 5.74) is 5.07. The van der Waals surface area contributed by atoms with Gasteiger partial charge in [-0.25, -0.2) is 0 Å². The number of nitrogens with zero attached hydrogens (tertiary/aromatic N) is 2. The Labute approximate surface area is 184 Å². The predicted octanol–water partition coefficient (Wildman–Crippen LogP) is 5.03. The summed E-state index contributed by atoms with van der Waals surface area (Å²) in [6, 6.07) is 16.1. The van der Waals surface area contributed by atoms with E-state index in [1.54, 1.807) is 7.11 Å². The molecule has 0 spiro atoms. The van der Waals surface area contributed by atoms with Gasteiger partial charge in [0.25, 0.3) is 0 Å². The van der Waals surface area contributed by atoms with Crippen molar-refractivity contribution in [3.05, 3.63) is 65.9 Å². The number of carbonyl (C=O) groups excluding carboxylic acids is 1. The van der Waals surface area contributed by atoms with Crippen LogP contribution in [0.3, 0.4) is 0 Å². The number of aromatic nitrogens is 2. The molecule has 1 heterocycles. The molecule has 0 aliphatic heterocycles. The molecule has 6 heteroatoms. The van der Waals surface area contributed by atoms with E-state index in [4.69, 9.17) is 14.6 Å². The van der Waals surface area contributed by atoms with Gasteiger partial charge in [0, 0.05) is 42.9 Å². The van der Waals surface area contributed by atoms with Gasteiger partial charge in [-0.1, -0.05) is 24.3 Å². The Morgan fingerprint density at radius 2 is 1.90 bits per heavy atom. The second-order valence-electron chi connectivity index (χ2n) is 8.49. The van der Waals surface area contributed by atoms with Gasteiger partial charge >= 0.3 is 5.97 Å². The zero-order chi connectivity index (χ0) is 22.4. The van der Waals surface area contributed by atoms with Crippen LogP contribution in [0.5, 0.6) is 5.75 Å². The second kappa shape index (κ2) is 9.69. The quantitative estimate of drug-likeness (QED) is 0.517. The molecule has 6 nitrogen and oxygen atoms in total. The van der Waals surface area contributed by atoms with Gasteiger partial charge in [0.15, 0.2) is 0 Å². The van der Waals surface area contributed by atoms with Crippen LogP contribution in [-0.4, -0.2) is 29.5 Å². The Morgan fingerprint density at radius 1 is 1.13 bits per heavy atom. The number of hydrogen-bond acceptors (Lipinski definition) is 5. The summed E-state index contributed by atoms with van der Waals surface area (Å²) in [4.78, 5) is 11.0. The first-order valence-corrected chi connectivity index (χ1v) is 10.5. The van der Waals surface area contributed by atoms with Crippen molar-refractivity contribution in [2.24, 2.45) is 0 Å². The third kappa shape index (κ3) is 6.10. The van der Waals surface area contributed by atoms with Crippen molar-refractivity contribution in [1.82, 2.24) is 9.78 Å². The van der Waals surface area contributed by atoms with Crippen LogP contribution in [0.2, 0.25) is 0 Å². The SMILES string of the molecule is COc1cccc(-c2nn(C(C)(C)C)cc2CNc2cccc(CCOC(C)=O)c2)c1. The Kier molecular flexibility index (Phi) is 7.00. The Balaban J connectivity index is 1.81. The molecule has 0 unspecified atom stereocenters. The van der Waals surface area contributed by atoms with Crippen LogP contribution in [0.15, 0.2) is 54.7 Å². The molecule has 1 aromatic heterocycles. The summed E-state index contributed by atoms with van der Waals surface area (Å²) in [5.74, 6) is 0.553. The minimum absolute atomic E-state index is 0.123. The lowest BCUT2D eigenvalue weighted by molar-refractivity contribution is -0.140. The molecule has 0 saturated carbocycles. The maximum Gasteiger partial charge on any atom is 0.302 e. The van der Waals surface area contributed by atoms with Crippen molar-refractivity contribution in [2.75, 3.05) is 19.0 Å². The number of benzene rings is 2. The molecule has 0 aliphatic rings. The lowest BCUT2D eigenvalue weighted by atomic mass is 10.1. The van der Waals surface area contributed by atoms with Gasteiger partial charge in [-0.05, 0) is 50.6 Å². The van der Waals surface area contributed by atoms with Crippen molar-refractivity contribution < 1.29 is 14.3 Å². The molecule has 0 fully saturated rings. The van der Waals surface area contributed by atoms with Crippen molar-refractivity contribution in [1.29, 1.82) is 0 Å². The number of hydrogen-bond donors (Lipinski definition) is 1. The van der Waals surface area contributed by atoms with E-state index < -0.39 is 0 Å². The molecule has 3 rings (SSSR count). The lowest BCUT2D eigenvalue weighted by Gasteiger charge is -2.18. The summed E-state index contributed by atoms with van der Waals surface area (Å²) in [7, 11) is 1.67. The molecular formula is C25H31N3O3. The van der Waals surface area contributed by atoms with Gasteiger partial charge in [0.2, 0.25) is 0 Å². The number of nitrogens with one attached hydrogen (secondary N) is 1. The van der Waals surface area contributed by atoms with Crippen LogP contribution < -0.4 is 10.1 Å². The standard InChI is InChI=1S/C25H31N3O3/c1-18(29)31-13-12-19-8-6-10-22(14-19)26-16-21-17-28(25(2,3)4)27-24(21)20-9-7-11-23(15-20)30-5/h6-11,14-15,17,26H,12-13,16H2,1-5H3. The number of methoxy groups -OCH3 is 1. The molecule has 0 radical (unpaired) electrons. The van der Waals surface area contributed by atoms with Crippen molar-refractivity contribution >= 4 is 11.7 Å². The second-order valence-corrected chi connectivity index (χ2v) is 8.49. The van der Waals surface area contributed by atoms with E-state index in [0.29, 0.717) is 19.6 Å². The summed E-state index contributed by atoms with van der Waals surface area (Å²) < 4.78 is 12.5. The van der Waals surface area contributed by atoms with Crippen molar-refractivity contribution in [3.63, 3.8) is 0 Å². The van der Waals surface area contributed by atoms with Gasteiger partial charge in [-0.15, -0.1) is 0 Å². The van der Waals surface area contributed by atoms with E-state index in [1.807, 2.05) is 41.1 Å². The molecular weight excluding hydrogens is 390 g/mol. The highest BCUT2D eigenvalue weighted by atomic mass is 16.5. The Morgan fingerprint density at radius 3 is 2.61 bits per heavy atom. The smallest absolute Gasteiger partial charge is 0.302 e. The highest BCUT2D eigenvalue weighted by Crippen LogP contribution is 2.28. The topological polar surface area (TPSA) is 65.4 Å². The van der Waals surface area contributed by atoms with Gasteiger partial charge in [-0.3, -0.25) is 9.48 Å². The molecule has 1 N–H and O–H groups in total. The highest BCUT2D eigenvalue weighted by Gasteiger charge is 2.19. The zero-order valence-electron chi connectivity index (χ0n) is 18.9. The summed E-state index contributed by atoms with van der Waals surface area (Å²) in [6.07, 6.45) is 2.79. The maximum absolute atomic E-state index is 11.0. The van der Waals surface area contributed by atoms with Crippen LogP contribution in [0.1, 0.15) is 38.8 Å². The number of rotatable bonds is 8. The third-order valence-corrected chi connectivity index (χ3v) is 4.93. The molecule has 31 heavy (non-hydrogen) atoms. The van der Waals surface area contributed by atoms with Gasteiger partial charge < -0.3 is 14.8 Å². The van der Waals surface area contributed by atoms with Gasteiger partial charge in [0.05, 0.1) is 24.9 Å². The number of ether oxygens (including phenoxy) is 2. The number of carbonyl (C=O) groups is 1. The molecule has 3 aromatic rings. The van der Waals surface area contributed by atoms with E-state index in [0.717, 1.165) is 33.8 Å².